The molecule has 0 fully saturated rings. The van der Waals surface area contributed by atoms with Gasteiger partial charge < -0.3 is 5.11 Å². The Bertz CT molecular complexity index is 255. The van der Waals surface area contributed by atoms with E-state index in [9.17, 15) is 4.79 Å². The summed E-state index contributed by atoms with van der Waals surface area (Å²) in [5.41, 5.74) is 3.08. The Hall–Kier alpha value is -1.16. The minimum absolute atomic E-state index is 0.498. The predicted molar refractivity (Wildman–Crippen MR) is 41.5 cm³/mol. The monoisotopic (exact) mass is 168 g/mol. The smallest absolute Gasteiger partial charge is 0.316 e. The molecule has 0 amide bonds. The highest BCUT2D eigenvalue weighted by molar-refractivity contribution is 7.07. The van der Waals surface area contributed by atoms with Crippen molar-refractivity contribution >= 4 is 17.3 Å². The third kappa shape index (κ3) is 1.65. The highest BCUT2D eigenvalue weighted by atomic mass is 32.1. The molecular formula is C7H6NO2S. The van der Waals surface area contributed by atoms with Gasteiger partial charge in [0.15, 0.2) is 5.51 Å². The molecule has 0 spiro atoms. The molecule has 1 heterocycles. The van der Waals surface area contributed by atoms with E-state index in [2.05, 4.69) is 17.1 Å². The zero-order valence-corrected chi connectivity index (χ0v) is 6.47. The van der Waals surface area contributed by atoms with Gasteiger partial charge in [0.2, 0.25) is 0 Å². The number of carboxylic acids is 1. The Labute approximate surface area is 68.0 Å². The van der Waals surface area contributed by atoms with Crippen molar-refractivity contribution in [2.75, 3.05) is 0 Å². The van der Waals surface area contributed by atoms with Crippen molar-refractivity contribution in [2.24, 2.45) is 0 Å². The maximum atomic E-state index is 10.5. The van der Waals surface area contributed by atoms with Crippen molar-refractivity contribution in [3.63, 3.8) is 0 Å². The summed E-state index contributed by atoms with van der Waals surface area (Å²) in [6, 6.07) is 0. The van der Waals surface area contributed by atoms with Crippen LogP contribution >= 0.6 is 11.3 Å². The summed E-state index contributed by atoms with van der Waals surface area (Å²) in [4.78, 5) is 14.3. The molecule has 0 aliphatic rings. The van der Waals surface area contributed by atoms with Crippen LogP contribution in [0.25, 0.3) is 0 Å². The zero-order chi connectivity index (χ0) is 8.27. The van der Waals surface area contributed by atoms with Crippen molar-refractivity contribution in [2.45, 2.75) is 5.92 Å². The Morgan fingerprint density at radius 2 is 2.73 bits per heavy atom. The van der Waals surface area contributed by atoms with Gasteiger partial charge in [0.05, 0.1) is 5.69 Å². The van der Waals surface area contributed by atoms with Crippen LogP contribution in [0.4, 0.5) is 0 Å². The van der Waals surface area contributed by atoms with Crippen LogP contribution in [0.15, 0.2) is 18.0 Å². The molecule has 0 aliphatic heterocycles. The summed E-state index contributed by atoms with van der Waals surface area (Å²) in [6.45, 7) is 3.41. The Balaban J connectivity index is 2.88. The van der Waals surface area contributed by atoms with Crippen molar-refractivity contribution in [1.82, 2.24) is 4.98 Å². The number of hydrogen-bond donors (Lipinski definition) is 1. The summed E-state index contributed by atoms with van der Waals surface area (Å²) in [6.07, 6.45) is 1.35. The number of rotatable bonds is 3. The summed E-state index contributed by atoms with van der Waals surface area (Å²) in [5, 5.41) is 10.3. The molecule has 0 bridgehead atoms. The highest BCUT2D eigenvalue weighted by Crippen LogP contribution is 2.15. The number of thiazole rings is 1. The molecule has 0 aliphatic carbocycles. The maximum absolute atomic E-state index is 10.5. The largest absolute Gasteiger partial charge is 0.481 e. The van der Waals surface area contributed by atoms with Crippen LogP contribution in [-0.2, 0) is 4.79 Å². The SMILES string of the molecule is C=CC(C(=O)O)c1cs[c]n1. The summed E-state index contributed by atoms with van der Waals surface area (Å²) < 4.78 is 0. The molecule has 57 valence electrons. The van der Waals surface area contributed by atoms with Gasteiger partial charge in [-0.15, -0.1) is 17.9 Å². The van der Waals surface area contributed by atoms with Gasteiger partial charge in [-0.05, 0) is 0 Å². The molecule has 1 atom stereocenters. The van der Waals surface area contributed by atoms with E-state index in [4.69, 9.17) is 5.11 Å². The van der Waals surface area contributed by atoms with Crippen molar-refractivity contribution in [3.8, 4) is 0 Å². The molecule has 1 aromatic rings. The molecule has 0 aromatic carbocycles. The highest BCUT2D eigenvalue weighted by Gasteiger charge is 2.16. The van der Waals surface area contributed by atoms with E-state index < -0.39 is 11.9 Å². The topological polar surface area (TPSA) is 50.2 Å². The van der Waals surface area contributed by atoms with E-state index in [1.807, 2.05) is 0 Å². The third-order valence-corrected chi connectivity index (χ3v) is 1.78. The Morgan fingerprint density at radius 1 is 2.00 bits per heavy atom. The van der Waals surface area contributed by atoms with Gasteiger partial charge in [-0.25, -0.2) is 4.98 Å². The molecule has 1 rings (SSSR count). The molecule has 4 heteroatoms. The number of carbonyl (C=O) groups is 1. The molecule has 1 unspecified atom stereocenters. The minimum atomic E-state index is -0.931. The zero-order valence-electron chi connectivity index (χ0n) is 5.65. The first-order chi connectivity index (χ1) is 5.25. The van der Waals surface area contributed by atoms with Gasteiger partial charge in [-0.3, -0.25) is 4.79 Å². The fourth-order valence-corrected chi connectivity index (χ4v) is 1.21. The van der Waals surface area contributed by atoms with Crippen LogP contribution in [0.2, 0.25) is 0 Å². The lowest BCUT2D eigenvalue weighted by Crippen LogP contribution is -2.08. The summed E-state index contributed by atoms with van der Waals surface area (Å²) in [5.74, 6) is -1.63. The second-order valence-electron chi connectivity index (χ2n) is 1.92. The second kappa shape index (κ2) is 3.30. The number of nitrogens with zero attached hydrogens (tertiary/aromatic N) is 1. The second-order valence-corrected chi connectivity index (χ2v) is 2.57. The van der Waals surface area contributed by atoms with Crippen LogP contribution in [0.3, 0.4) is 0 Å². The molecule has 1 N–H and O–H groups in total. The Kier molecular flexibility index (Phi) is 2.38. The average molecular weight is 168 g/mol. The van der Waals surface area contributed by atoms with Crippen LogP contribution in [0, 0.1) is 5.51 Å². The quantitative estimate of drug-likeness (QED) is 0.692. The third-order valence-electron chi connectivity index (χ3n) is 1.23. The maximum Gasteiger partial charge on any atom is 0.316 e. The van der Waals surface area contributed by atoms with E-state index >= 15 is 0 Å². The lowest BCUT2D eigenvalue weighted by atomic mass is 10.1. The van der Waals surface area contributed by atoms with E-state index in [0.29, 0.717) is 5.69 Å². The predicted octanol–water partition coefficient (Wildman–Crippen LogP) is 1.30. The van der Waals surface area contributed by atoms with Gasteiger partial charge in [0.1, 0.15) is 5.92 Å². The number of aliphatic carboxylic acids is 1. The minimum Gasteiger partial charge on any atom is -0.481 e. The van der Waals surface area contributed by atoms with E-state index in [-0.39, 0.29) is 0 Å². The van der Waals surface area contributed by atoms with Crippen molar-refractivity contribution in [3.05, 3.63) is 29.2 Å². The summed E-state index contributed by atoms with van der Waals surface area (Å²) in [7, 11) is 0. The van der Waals surface area contributed by atoms with Crippen LogP contribution < -0.4 is 0 Å². The normalized spacial score (nSPS) is 12.4. The van der Waals surface area contributed by atoms with Gasteiger partial charge >= 0.3 is 5.97 Å². The average Bonchev–Trinajstić information content (AvgIpc) is 2.40. The first kappa shape index (κ1) is 7.94. The number of aromatic nitrogens is 1. The van der Waals surface area contributed by atoms with Crippen LogP contribution in [0.1, 0.15) is 11.6 Å². The number of carboxylic acid groups (broad SMARTS) is 1. The lowest BCUT2D eigenvalue weighted by Gasteiger charge is -2.00. The van der Waals surface area contributed by atoms with Crippen LogP contribution in [0.5, 0.6) is 0 Å². The Morgan fingerprint density at radius 3 is 3.09 bits per heavy atom. The summed E-state index contributed by atoms with van der Waals surface area (Å²) >= 11 is 1.25. The van der Waals surface area contributed by atoms with Gasteiger partial charge in [0.25, 0.3) is 0 Å². The van der Waals surface area contributed by atoms with Crippen molar-refractivity contribution in [1.29, 1.82) is 0 Å². The standard InChI is InChI=1S/C7H6NO2S/c1-2-5(7(9)10)6-3-11-4-8-6/h2-3,5H,1H2,(H,9,10). The molecule has 3 nitrogen and oxygen atoms in total. The first-order valence-electron chi connectivity index (χ1n) is 2.92. The first-order valence-corrected chi connectivity index (χ1v) is 3.80. The van der Waals surface area contributed by atoms with Crippen LogP contribution in [-0.4, -0.2) is 16.1 Å². The molecule has 1 radical (unpaired) electrons. The molecule has 1 aromatic heterocycles. The molecule has 0 saturated carbocycles. The molecule has 0 saturated heterocycles. The fraction of sp³-hybridized carbons (Fsp3) is 0.143. The number of hydrogen-bond acceptors (Lipinski definition) is 3. The van der Waals surface area contributed by atoms with E-state index in [1.165, 1.54) is 17.4 Å². The van der Waals surface area contributed by atoms with Gasteiger partial charge in [-0.1, -0.05) is 6.08 Å². The van der Waals surface area contributed by atoms with Gasteiger partial charge in [-0.2, -0.15) is 0 Å². The fourth-order valence-electron chi connectivity index (χ4n) is 0.683. The lowest BCUT2D eigenvalue weighted by molar-refractivity contribution is -0.137. The van der Waals surface area contributed by atoms with E-state index in [0.717, 1.165) is 0 Å². The molecular weight excluding hydrogens is 162 g/mol. The van der Waals surface area contributed by atoms with Gasteiger partial charge in [0, 0.05) is 5.38 Å². The van der Waals surface area contributed by atoms with Crippen molar-refractivity contribution < 1.29 is 9.90 Å². The van der Waals surface area contributed by atoms with E-state index in [1.54, 1.807) is 5.38 Å². The molecule has 11 heavy (non-hydrogen) atoms.